The maximum Gasteiger partial charge on any atom is 0.356 e. The van der Waals surface area contributed by atoms with Gasteiger partial charge in [0.1, 0.15) is 0 Å². The molecule has 2 N–H and O–H groups in total. The molecular formula is C10H17NO4. The fourth-order valence-electron chi connectivity index (χ4n) is 0.702. The van der Waals surface area contributed by atoms with Gasteiger partial charge in [0.2, 0.25) is 12.1 Å². The van der Waals surface area contributed by atoms with Gasteiger partial charge in [-0.3, -0.25) is 4.79 Å². The summed E-state index contributed by atoms with van der Waals surface area (Å²) in [6.45, 7) is 7.04. The monoisotopic (exact) mass is 215 g/mol. The molecule has 0 radical (unpaired) electrons. The lowest BCUT2D eigenvalue weighted by molar-refractivity contribution is -0.157. The van der Waals surface area contributed by atoms with Crippen LogP contribution in [0.5, 0.6) is 0 Å². The zero-order valence-electron chi connectivity index (χ0n) is 9.08. The van der Waals surface area contributed by atoms with Gasteiger partial charge in [-0.05, 0) is 13.3 Å². The lowest BCUT2D eigenvalue weighted by Gasteiger charge is -2.11. The molecule has 5 heteroatoms. The van der Waals surface area contributed by atoms with Crippen LogP contribution in [-0.4, -0.2) is 29.8 Å². The van der Waals surface area contributed by atoms with Crippen molar-refractivity contribution in [3.05, 3.63) is 12.2 Å². The van der Waals surface area contributed by atoms with E-state index < -0.39 is 18.1 Å². The van der Waals surface area contributed by atoms with Gasteiger partial charge in [0.05, 0.1) is 6.61 Å². The fraction of sp³-hybridized carbons (Fsp3) is 0.600. The summed E-state index contributed by atoms with van der Waals surface area (Å²) >= 11 is 0. The van der Waals surface area contributed by atoms with Gasteiger partial charge in [-0.1, -0.05) is 19.9 Å². The van der Waals surface area contributed by atoms with Crippen molar-refractivity contribution < 1.29 is 19.4 Å². The molecule has 0 aliphatic carbocycles. The molecule has 0 aromatic carbocycles. The van der Waals surface area contributed by atoms with Crippen molar-refractivity contribution in [1.82, 2.24) is 5.32 Å². The summed E-state index contributed by atoms with van der Waals surface area (Å²) in [4.78, 5) is 22.1. The third-order valence-corrected chi connectivity index (χ3v) is 1.62. The Morgan fingerprint density at radius 1 is 1.53 bits per heavy atom. The quantitative estimate of drug-likeness (QED) is 0.290. The molecule has 0 rings (SSSR count). The Labute approximate surface area is 89.1 Å². The van der Waals surface area contributed by atoms with Crippen LogP contribution in [0.4, 0.5) is 0 Å². The molecule has 0 aromatic heterocycles. The van der Waals surface area contributed by atoms with Crippen LogP contribution < -0.4 is 5.32 Å². The number of carbonyl (C=O) groups is 2. The van der Waals surface area contributed by atoms with Crippen LogP contribution in [0.25, 0.3) is 0 Å². The van der Waals surface area contributed by atoms with Gasteiger partial charge >= 0.3 is 5.97 Å². The van der Waals surface area contributed by atoms with E-state index in [-0.39, 0.29) is 12.2 Å². The fourth-order valence-corrected chi connectivity index (χ4v) is 0.702. The predicted octanol–water partition coefficient (Wildman–Crippen LogP) is 0.340. The molecule has 1 unspecified atom stereocenters. The Morgan fingerprint density at radius 2 is 2.13 bits per heavy atom. The lowest BCUT2D eigenvalue weighted by atomic mass is 10.3. The minimum atomic E-state index is -1.62. The molecule has 5 nitrogen and oxygen atoms in total. The van der Waals surface area contributed by atoms with Gasteiger partial charge in [-0.2, -0.15) is 0 Å². The molecule has 0 aliphatic heterocycles. The number of unbranched alkanes of at least 4 members (excludes halogenated alkanes) is 1. The first-order chi connectivity index (χ1) is 6.99. The molecular weight excluding hydrogens is 198 g/mol. The van der Waals surface area contributed by atoms with Crippen LogP contribution in [0.2, 0.25) is 0 Å². The average Bonchev–Trinajstić information content (AvgIpc) is 2.17. The second kappa shape index (κ2) is 7.00. The summed E-state index contributed by atoms with van der Waals surface area (Å²) in [5, 5.41) is 11.2. The normalized spacial score (nSPS) is 11.7. The zero-order chi connectivity index (χ0) is 11.8. The first-order valence-corrected chi connectivity index (χ1v) is 4.80. The summed E-state index contributed by atoms with van der Waals surface area (Å²) in [6.07, 6.45) is 0.0000449. The van der Waals surface area contributed by atoms with Crippen molar-refractivity contribution >= 4 is 11.9 Å². The van der Waals surface area contributed by atoms with Crippen LogP contribution >= 0.6 is 0 Å². The lowest BCUT2D eigenvalue weighted by Crippen LogP contribution is -2.41. The molecule has 0 saturated carbocycles. The van der Waals surface area contributed by atoms with Crippen molar-refractivity contribution in [1.29, 1.82) is 0 Å². The van der Waals surface area contributed by atoms with Crippen LogP contribution in [0.15, 0.2) is 12.2 Å². The first-order valence-electron chi connectivity index (χ1n) is 4.80. The van der Waals surface area contributed by atoms with Gasteiger partial charge in [0.25, 0.3) is 0 Å². The Kier molecular flexibility index (Phi) is 6.37. The Balaban J connectivity index is 3.88. The van der Waals surface area contributed by atoms with E-state index in [1.807, 2.05) is 12.2 Å². The molecule has 15 heavy (non-hydrogen) atoms. The molecule has 0 aliphatic rings. The average molecular weight is 215 g/mol. The minimum Gasteiger partial charge on any atom is -0.462 e. The van der Waals surface area contributed by atoms with E-state index in [1.165, 1.54) is 6.92 Å². The number of rotatable bonds is 6. The largest absolute Gasteiger partial charge is 0.462 e. The highest BCUT2D eigenvalue weighted by atomic mass is 16.5. The summed E-state index contributed by atoms with van der Waals surface area (Å²) in [5.74, 6) is -1.42. The van der Waals surface area contributed by atoms with Gasteiger partial charge in [-0.15, -0.1) is 0 Å². The molecule has 0 heterocycles. The van der Waals surface area contributed by atoms with E-state index in [0.717, 1.165) is 12.8 Å². The number of aliphatic hydroxyl groups excluding tert-OH is 1. The summed E-state index contributed by atoms with van der Waals surface area (Å²) in [7, 11) is 0. The van der Waals surface area contributed by atoms with Crippen LogP contribution in [0.1, 0.15) is 26.7 Å². The van der Waals surface area contributed by atoms with E-state index >= 15 is 0 Å². The predicted molar refractivity (Wildman–Crippen MR) is 54.8 cm³/mol. The van der Waals surface area contributed by atoms with Crippen LogP contribution in [0, 0.1) is 0 Å². The molecule has 1 amide bonds. The summed E-state index contributed by atoms with van der Waals surface area (Å²) in [6, 6.07) is 0. The number of carbonyl (C=O) groups excluding carboxylic acids is 2. The number of aliphatic hydroxyl groups is 1. The molecule has 0 saturated heterocycles. The minimum absolute atomic E-state index is 0.218. The molecule has 86 valence electrons. The van der Waals surface area contributed by atoms with Gasteiger partial charge in [0.15, 0.2) is 0 Å². The standard InChI is InChI=1S/C10H17NO4/c1-4-5-6-15-10(14)9(13)11-8(12)7(2)3/h9,13H,2,4-6H2,1,3H3,(H,11,12). The Bertz CT molecular complexity index is 250. The highest BCUT2D eigenvalue weighted by Crippen LogP contribution is 1.93. The van der Waals surface area contributed by atoms with E-state index in [4.69, 9.17) is 4.74 Å². The van der Waals surface area contributed by atoms with E-state index in [1.54, 1.807) is 0 Å². The number of esters is 1. The highest BCUT2D eigenvalue weighted by molar-refractivity contribution is 5.94. The molecule has 0 bridgehead atoms. The SMILES string of the molecule is C=C(C)C(=O)NC(O)C(=O)OCCCC. The number of hydrogen-bond acceptors (Lipinski definition) is 4. The summed E-state index contributed by atoms with van der Waals surface area (Å²) in [5.41, 5.74) is 0.218. The van der Waals surface area contributed by atoms with Crippen molar-refractivity contribution in [3.8, 4) is 0 Å². The first kappa shape index (κ1) is 13.6. The maximum atomic E-state index is 11.1. The number of nitrogens with one attached hydrogen (secondary N) is 1. The van der Waals surface area contributed by atoms with Gasteiger partial charge in [-0.25, -0.2) is 4.79 Å². The third kappa shape index (κ3) is 5.85. The molecule has 0 spiro atoms. The van der Waals surface area contributed by atoms with Crippen molar-refractivity contribution in [2.45, 2.75) is 32.9 Å². The van der Waals surface area contributed by atoms with E-state index in [9.17, 15) is 14.7 Å². The Morgan fingerprint density at radius 3 is 2.60 bits per heavy atom. The van der Waals surface area contributed by atoms with Crippen molar-refractivity contribution in [2.75, 3.05) is 6.61 Å². The summed E-state index contributed by atoms with van der Waals surface area (Å²) < 4.78 is 4.69. The van der Waals surface area contributed by atoms with Crippen LogP contribution in [0.3, 0.4) is 0 Å². The maximum absolute atomic E-state index is 11.1. The second-order valence-electron chi connectivity index (χ2n) is 3.18. The van der Waals surface area contributed by atoms with E-state index in [2.05, 4.69) is 6.58 Å². The zero-order valence-corrected chi connectivity index (χ0v) is 9.08. The highest BCUT2D eigenvalue weighted by Gasteiger charge is 2.18. The van der Waals surface area contributed by atoms with Crippen LogP contribution in [-0.2, 0) is 14.3 Å². The van der Waals surface area contributed by atoms with E-state index in [0.29, 0.717) is 0 Å². The topological polar surface area (TPSA) is 75.6 Å². The molecule has 0 aromatic rings. The smallest absolute Gasteiger partial charge is 0.356 e. The number of ether oxygens (including phenoxy) is 1. The Hall–Kier alpha value is -1.36. The molecule has 0 fully saturated rings. The third-order valence-electron chi connectivity index (χ3n) is 1.62. The number of hydrogen-bond donors (Lipinski definition) is 2. The van der Waals surface area contributed by atoms with Gasteiger partial charge in [0, 0.05) is 5.57 Å². The second-order valence-corrected chi connectivity index (χ2v) is 3.18. The van der Waals surface area contributed by atoms with Crippen molar-refractivity contribution in [2.24, 2.45) is 0 Å². The number of amides is 1. The molecule has 1 atom stereocenters. The van der Waals surface area contributed by atoms with Gasteiger partial charge < -0.3 is 15.2 Å². The van der Waals surface area contributed by atoms with Crippen molar-refractivity contribution in [3.63, 3.8) is 0 Å².